The van der Waals surface area contributed by atoms with Crippen molar-refractivity contribution in [3.63, 3.8) is 0 Å². The second-order valence-electron chi connectivity index (χ2n) is 3.39. The molecule has 0 aliphatic carbocycles. The predicted molar refractivity (Wildman–Crippen MR) is 54.0 cm³/mol. The molecule has 2 fully saturated rings. The first-order valence-electron chi connectivity index (χ1n) is 4.36. The molecule has 5 atom stereocenters. The molecule has 14 heavy (non-hydrogen) atoms. The number of carbonyl (C=O) groups excluding carboxylic acids is 1. The summed E-state index contributed by atoms with van der Waals surface area (Å²) in [6.07, 6.45) is -2.15. The molecule has 2 aliphatic rings. The lowest BCUT2D eigenvalue weighted by Crippen LogP contribution is -2.52. The second-order valence-corrected chi connectivity index (χ2v) is 4.82. The number of esters is 1. The van der Waals surface area contributed by atoms with E-state index in [4.69, 9.17) is 14.2 Å². The molecule has 5 nitrogen and oxygen atoms in total. The molecule has 2 saturated heterocycles. The third-order valence-electron chi connectivity index (χ3n) is 2.32. The Morgan fingerprint density at radius 1 is 1.64 bits per heavy atom. The van der Waals surface area contributed by atoms with Crippen LogP contribution in [0, 0.1) is 0 Å². The van der Waals surface area contributed by atoms with Gasteiger partial charge in [-0.25, -0.2) is 0 Å². The quantitative estimate of drug-likeness (QED) is 0.414. The van der Waals surface area contributed by atoms with Gasteiger partial charge in [-0.15, -0.1) is 0 Å². The summed E-state index contributed by atoms with van der Waals surface area (Å²) in [4.78, 5) is 10.8. The zero-order valence-corrected chi connectivity index (χ0v) is 9.71. The molecule has 0 aromatic heterocycles. The van der Waals surface area contributed by atoms with Gasteiger partial charge in [0, 0.05) is 6.92 Å². The van der Waals surface area contributed by atoms with Gasteiger partial charge in [-0.2, -0.15) is 0 Å². The van der Waals surface area contributed by atoms with E-state index < -0.39 is 24.5 Å². The average molecular weight is 314 g/mol. The van der Waals surface area contributed by atoms with Crippen molar-refractivity contribution in [2.75, 3.05) is 6.61 Å². The van der Waals surface area contributed by atoms with Gasteiger partial charge in [0.25, 0.3) is 0 Å². The van der Waals surface area contributed by atoms with Crippen LogP contribution >= 0.6 is 22.6 Å². The van der Waals surface area contributed by atoms with Crippen LogP contribution in [0.25, 0.3) is 0 Å². The molecule has 0 aromatic carbocycles. The highest BCUT2D eigenvalue weighted by Crippen LogP contribution is 2.34. The molecule has 2 bridgehead atoms. The number of rotatable bonds is 1. The average Bonchev–Trinajstić information content (AvgIpc) is 2.55. The molecule has 6 heteroatoms. The summed E-state index contributed by atoms with van der Waals surface area (Å²) in [5.74, 6) is -0.392. The molecule has 80 valence electrons. The topological polar surface area (TPSA) is 65.0 Å². The van der Waals surface area contributed by atoms with Crippen molar-refractivity contribution in [1.29, 1.82) is 0 Å². The number of aliphatic hydroxyl groups excluding tert-OH is 1. The van der Waals surface area contributed by atoms with E-state index in [2.05, 4.69) is 22.6 Å². The Labute approximate surface area is 94.8 Å². The fourth-order valence-corrected chi connectivity index (χ4v) is 2.62. The van der Waals surface area contributed by atoms with Crippen molar-refractivity contribution in [2.45, 2.75) is 35.5 Å². The first-order valence-corrected chi connectivity index (χ1v) is 5.60. The van der Waals surface area contributed by atoms with Crippen molar-refractivity contribution in [2.24, 2.45) is 0 Å². The summed E-state index contributed by atoms with van der Waals surface area (Å²) in [5, 5.41) is 9.74. The van der Waals surface area contributed by atoms with Gasteiger partial charge in [0.2, 0.25) is 0 Å². The van der Waals surface area contributed by atoms with Gasteiger partial charge >= 0.3 is 5.97 Å². The number of halogens is 1. The lowest BCUT2D eigenvalue weighted by Gasteiger charge is -2.34. The number of fused-ring (bicyclic) bond motifs is 2. The van der Waals surface area contributed by atoms with E-state index in [9.17, 15) is 9.90 Å². The zero-order chi connectivity index (χ0) is 10.3. The van der Waals surface area contributed by atoms with E-state index in [1.54, 1.807) is 0 Å². The Morgan fingerprint density at radius 3 is 3.00 bits per heavy atom. The number of alkyl halides is 1. The highest BCUT2D eigenvalue weighted by Gasteiger charge is 2.50. The molecular formula is C8H11IO5. The van der Waals surface area contributed by atoms with E-state index in [0.29, 0.717) is 6.61 Å². The van der Waals surface area contributed by atoms with E-state index in [0.717, 1.165) is 0 Å². The minimum absolute atomic E-state index is 0.0646. The van der Waals surface area contributed by atoms with Crippen LogP contribution in [0.4, 0.5) is 0 Å². The van der Waals surface area contributed by atoms with Crippen molar-refractivity contribution < 1.29 is 24.1 Å². The highest BCUT2D eigenvalue weighted by molar-refractivity contribution is 14.1. The maximum atomic E-state index is 10.8. The van der Waals surface area contributed by atoms with Crippen LogP contribution in [0.3, 0.4) is 0 Å². The predicted octanol–water partition coefficient (Wildman–Crippen LogP) is -0.162. The van der Waals surface area contributed by atoms with Gasteiger partial charge in [0.1, 0.15) is 12.2 Å². The first-order chi connectivity index (χ1) is 6.59. The molecule has 0 unspecified atom stereocenters. The number of carbonyl (C=O) groups is 1. The molecule has 2 aliphatic heterocycles. The Balaban J connectivity index is 2.10. The number of hydrogen-bond donors (Lipinski definition) is 1. The summed E-state index contributed by atoms with van der Waals surface area (Å²) >= 11 is 2.11. The molecule has 0 amide bonds. The van der Waals surface area contributed by atoms with Gasteiger partial charge < -0.3 is 19.3 Å². The number of hydrogen-bond acceptors (Lipinski definition) is 5. The van der Waals surface area contributed by atoms with Gasteiger partial charge in [-0.05, 0) is 0 Å². The fraction of sp³-hybridized carbons (Fsp3) is 0.875. The molecule has 0 aromatic rings. The smallest absolute Gasteiger partial charge is 0.303 e. The summed E-state index contributed by atoms with van der Waals surface area (Å²) in [6.45, 7) is 1.78. The van der Waals surface area contributed by atoms with E-state index >= 15 is 0 Å². The lowest BCUT2D eigenvalue weighted by molar-refractivity contribution is -0.201. The van der Waals surface area contributed by atoms with Crippen molar-refractivity contribution in [1.82, 2.24) is 0 Å². The fourth-order valence-electron chi connectivity index (χ4n) is 1.67. The molecule has 0 spiro atoms. The molecule has 1 N–H and O–H groups in total. The van der Waals surface area contributed by atoms with Gasteiger partial charge in [-0.1, -0.05) is 22.6 Å². The molecule has 0 saturated carbocycles. The summed E-state index contributed by atoms with van der Waals surface area (Å²) in [7, 11) is 0. The maximum absolute atomic E-state index is 10.8. The van der Waals surface area contributed by atoms with E-state index in [1.807, 2.05) is 0 Å². The summed E-state index contributed by atoms with van der Waals surface area (Å²) < 4.78 is 15.5. The third-order valence-corrected chi connectivity index (χ3v) is 3.83. The van der Waals surface area contributed by atoms with Crippen LogP contribution in [0.5, 0.6) is 0 Å². The maximum Gasteiger partial charge on any atom is 0.303 e. The van der Waals surface area contributed by atoms with Gasteiger partial charge in [0.05, 0.1) is 16.6 Å². The largest absolute Gasteiger partial charge is 0.458 e. The van der Waals surface area contributed by atoms with Crippen molar-refractivity contribution in [3.05, 3.63) is 0 Å². The van der Waals surface area contributed by atoms with Crippen molar-refractivity contribution in [3.8, 4) is 0 Å². The number of aliphatic hydroxyl groups is 1. The summed E-state index contributed by atoms with van der Waals surface area (Å²) in [6, 6.07) is 0. The van der Waals surface area contributed by atoms with Crippen LogP contribution < -0.4 is 0 Å². The minimum Gasteiger partial charge on any atom is -0.458 e. The Morgan fingerprint density at radius 2 is 2.36 bits per heavy atom. The van der Waals surface area contributed by atoms with Gasteiger partial charge in [0.15, 0.2) is 6.29 Å². The minimum atomic E-state index is -0.889. The Kier molecular flexibility index (Phi) is 2.96. The van der Waals surface area contributed by atoms with Crippen LogP contribution in [0.2, 0.25) is 0 Å². The monoisotopic (exact) mass is 314 g/mol. The Hall–Kier alpha value is 0.0800. The SMILES string of the molecule is CC(=O)O[C@@H]1[C@H](O)[C@@H]2OC[C@@H](O2)[C@H]1I. The molecule has 2 heterocycles. The lowest BCUT2D eigenvalue weighted by atomic mass is 10.0. The molecule has 0 radical (unpaired) electrons. The second kappa shape index (κ2) is 3.92. The van der Waals surface area contributed by atoms with Crippen LogP contribution in [-0.2, 0) is 19.0 Å². The van der Waals surface area contributed by atoms with E-state index in [1.165, 1.54) is 6.92 Å². The van der Waals surface area contributed by atoms with E-state index in [-0.39, 0.29) is 10.0 Å². The number of ether oxygens (including phenoxy) is 3. The normalized spacial score (nSPS) is 46.4. The summed E-state index contributed by atoms with van der Waals surface area (Å²) in [5.41, 5.74) is 0. The standard InChI is InChI=1S/C8H11IO5/c1-3(10)13-7-5(9)4-2-12-8(14-4)6(7)11/h4-8,11H,2H2,1H3/t4-,5-,6+,7+,8-/m1/s1. The van der Waals surface area contributed by atoms with Crippen LogP contribution in [0.15, 0.2) is 0 Å². The third kappa shape index (κ3) is 1.75. The van der Waals surface area contributed by atoms with Gasteiger partial charge in [-0.3, -0.25) is 4.79 Å². The Bertz CT molecular complexity index is 230. The molecule has 2 rings (SSSR count). The molecular weight excluding hydrogens is 303 g/mol. The van der Waals surface area contributed by atoms with Crippen molar-refractivity contribution >= 4 is 28.6 Å². The first kappa shape index (κ1) is 10.6. The van der Waals surface area contributed by atoms with Crippen LogP contribution in [-0.4, -0.2) is 46.2 Å². The highest BCUT2D eigenvalue weighted by atomic mass is 127. The zero-order valence-electron chi connectivity index (χ0n) is 7.55. The van der Waals surface area contributed by atoms with Crippen LogP contribution in [0.1, 0.15) is 6.92 Å².